The van der Waals surface area contributed by atoms with Crippen molar-refractivity contribution in [2.24, 2.45) is 5.92 Å². The number of fused-ring (bicyclic) bond motifs is 1. The van der Waals surface area contributed by atoms with E-state index >= 15 is 0 Å². The number of amides is 2. The minimum Gasteiger partial charge on any atom is -0.486 e. The zero-order valence-electron chi connectivity index (χ0n) is 15.4. The molecule has 0 bridgehead atoms. The van der Waals surface area contributed by atoms with Crippen LogP contribution in [-0.4, -0.2) is 46.3 Å². The normalized spacial score (nSPS) is 18.4. The van der Waals surface area contributed by atoms with Crippen LogP contribution in [-0.2, 0) is 22.7 Å². The van der Waals surface area contributed by atoms with Crippen LogP contribution >= 0.6 is 12.2 Å². The zero-order chi connectivity index (χ0) is 19.7. The molecular formula is C18H21N5O4S. The van der Waals surface area contributed by atoms with E-state index in [9.17, 15) is 9.59 Å². The number of nitrogens with one attached hydrogen (secondary N) is 2. The molecule has 1 unspecified atom stereocenters. The molecule has 148 valence electrons. The molecule has 28 heavy (non-hydrogen) atoms. The number of ether oxygens (including phenoxy) is 2. The van der Waals surface area contributed by atoms with Gasteiger partial charge in [-0.2, -0.15) is 5.10 Å². The second-order valence-corrected chi connectivity index (χ2v) is 7.03. The molecule has 9 nitrogen and oxygen atoms in total. The minimum atomic E-state index is -0.419. The number of rotatable bonds is 5. The first kappa shape index (κ1) is 18.5. The van der Waals surface area contributed by atoms with Crippen molar-refractivity contribution in [1.82, 2.24) is 20.1 Å². The number of anilines is 1. The van der Waals surface area contributed by atoms with Gasteiger partial charge in [0.05, 0.1) is 12.5 Å². The third-order valence-corrected chi connectivity index (χ3v) is 5.22. The number of benzene rings is 1. The topological polar surface area (TPSA) is 101 Å². The number of hydrogen-bond acceptors (Lipinski definition) is 6. The molecule has 10 heteroatoms. The third kappa shape index (κ3) is 3.47. The maximum absolute atomic E-state index is 12.6. The van der Waals surface area contributed by atoms with Gasteiger partial charge < -0.3 is 24.3 Å². The van der Waals surface area contributed by atoms with E-state index in [1.807, 2.05) is 17.6 Å². The van der Waals surface area contributed by atoms with Crippen LogP contribution in [0.2, 0.25) is 0 Å². The molecule has 0 saturated carbocycles. The highest BCUT2D eigenvalue weighted by atomic mass is 32.1. The van der Waals surface area contributed by atoms with Gasteiger partial charge in [-0.05, 0) is 31.3 Å². The maximum Gasteiger partial charge on any atom is 0.227 e. The molecule has 2 aliphatic rings. The van der Waals surface area contributed by atoms with Gasteiger partial charge in [0.15, 0.2) is 22.1 Å². The average Bonchev–Trinajstić information content (AvgIpc) is 3.28. The Labute approximate surface area is 166 Å². The van der Waals surface area contributed by atoms with Gasteiger partial charge >= 0.3 is 0 Å². The van der Waals surface area contributed by atoms with Gasteiger partial charge in [0.2, 0.25) is 11.8 Å². The number of nitrogens with zero attached hydrogens (tertiary/aromatic N) is 3. The van der Waals surface area contributed by atoms with Crippen molar-refractivity contribution >= 4 is 29.7 Å². The lowest BCUT2D eigenvalue weighted by Gasteiger charge is -2.22. The summed E-state index contributed by atoms with van der Waals surface area (Å²) in [5, 5.41) is 9.71. The molecule has 2 N–H and O–H groups in total. The van der Waals surface area contributed by atoms with Crippen molar-refractivity contribution < 1.29 is 19.1 Å². The predicted molar refractivity (Wildman–Crippen MR) is 103 cm³/mol. The summed E-state index contributed by atoms with van der Waals surface area (Å²) < 4.78 is 13.4. The van der Waals surface area contributed by atoms with Crippen LogP contribution in [0.3, 0.4) is 0 Å². The number of aromatic nitrogens is 3. The van der Waals surface area contributed by atoms with Crippen LogP contribution in [0.1, 0.15) is 19.2 Å². The number of carbonyl (C=O) groups excluding carboxylic acids is 2. The zero-order valence-corrected chi connectivity index (χ0v) is 16.3. The van der Waals surface area contributed by atoms with Gasteiger partial charge in [-0.15, -0.1) is 0 Å². The number of aromatic amines is 1. The van der Waals surface area contributed by atoms with Crippen molar-refractivity contribution in [2.45, 2.75) is 26.4 Å². The standard InChI is InChI=1S/C18H21N5O4S/c1-2-22-15(20-21-18(22)28)9-19-17(25)11-7-16(24)23(10-11)12-3-4-13-14(8-12)27-6-5-26-13/h3-4,8,11H,2,5-7,9-10H2,1H3,(H,19,25)(H,21,28). The van der Waals surface area contributed by atoms with E-state index in [1.54, 1.807) is 17.0 Å². The van der Waals surface area contributed by atoms with Crippen molar-refractivity contribution in [3.63, 3.8) is 0 Å². The van der Waals surface area contributed by atoms with Crippen molar-refractivity contribution in [2.75, 3.05) is 24.7 Å². The van der Waals surface area contributed by atoms with Crippen molar-refractivity contribution in [3.8, 4) is 11.5 Å². The molecule has 1 fully saturated rings. The van der Waals surface area contributed by atoms with E-state index in [0.29, 0.717) is 54.1 Å². The van der Waals surface area contributed by atoms with Gasteiger partial charge in [0.1, 0.15) is 13.2 Å². The quantitative estimate of drug-likeness (QED) is 0.732. The Morgan fingerprint density at radius 1 is 1.36 bits per heavy atom. The van der Waals surface area contributed by atoms with Crippen LogP contribution in [0.25, 0.3) is 0 Å². The Bertz CT molecular complexity index is 969. The second-order valence-electron chi connectivity index (χ2n) is 6.64. The first-order valence-electron chi connectivity index (χ1n) is 9.18. The molecule has 2 amide bonds. The molecular weight excluding hydrogens is 382 g/mol. The average molecular weight is 403 g/mol. The summed E-state index contributed by atoms with van der Waals surface area (Å²) in [6.07, 6.45) is 0.168. The fourth-order valence-corrected chi connectivity index (χ4v) is 3.73. The van der Waals surface area contributed by atoms with Gasteiger partial charge in [0.25, 0.3) is 0 Å². The fourth-order valence-electron chi connectivity index (χ4n) is 3.45. The first-order chi connectivity index (χ1) is 13.6. The molecule has 4 rings (SSSR count). The van der Waals surface area contributed by atoms with Crippen molar-refractivity contribution in [1.29, 1.82) is 0 Å². The molecule has 0 spiro atoms. The van der Waals surface area contributed by atoms with Crippen LogP contribution in [0.4, 0.5) is 5.69 Å². The highest BCUT2D eigenvalue weighted by Gasteiger charge is 2.35. The Morgan fingerprint density at radius 2 is 2.14 bits per heavy atom. The largest absolute Gasteiger partial charge is 0.486 e. The van der Waals surface area contributed by atoms with E-state index in [4.69, 9.17) is 21.7 Å². The van der Waals surface area contributed by atoms with E-state index < -0.39 is 5.92 Å². The number of H-pyrrole nitrogens is 1. The summed E-state index contributed by atoms with van der Waals surface area (Å²) in [6.45, 7) is 4.20. The SMILES string of the molecule is CCn1c(CNC(=O)C2CC(=O)N(c3ccc4c(c3)OCCO4)C2)n[nH]c1=S. The van der Waals surface area contributed by atoms with E-state index in [-0.39, 0.29) is 24.8 Å². The van der Waals surface area contributed by atoms with E-state index in [1.165, 1.54) is 0 Å². The smallest absolute Gasteiger partial charge is 0.227 e. The number of hydrogen-bond donors (Lipinski definition) is 2. The van der Waals surface area contributed by atoms with Gasteiger partial charge in [0, 0.05) is 31.3 Å². The first-order valence-corrected chi connectivity index (χ1v) is 9.59. The third-order valence-electron chi connectivity index (χ3n) is 4.91. The monoisotopic (exact) mass is 403 g/mol. The molecule has 1 saturated heterocycles. The second kappa shape index (κ2) is 7.63. The molecule has 2 aliphatic heterocycles. The van der Waals surface area contributed by atoms with Crippen LogP contribution in [0.5, 0.6) is 11.5 Å². The van der Waals surface area contributed by atoms with Gasteiger partial charge in [-0.25, -0.2) is 0 Å². The fraction of sp³-hybridized carbons (Fsp3) is 0.444. The van der Waals surface area contributed by atoms with Gasteiger partial charge in [-0.1, -0.05) is 0 Å². The Morgan fingerprint density at radius 3 is 2.93 bits per heavy atom. The summed E-state index contributed by atoms with van der Waals surface area (Å²) in [7, 11) is 0. The molecule has 0 radical (unpaired) electrons. The molecule has 0 aliphatic carbocycles. The number of carbonyl (C=O) groups is 2. The van der Waals surface area contributed by atoms with Crippen LogP contribution in [0.15, 0.2) is 18.2 Å². The molecule has 2 aromatic rings. The highest BCUT2D eigenvalue weighted by Crippen LogP contribution is 2.35. The lowest BCUT2D eigenvalue weighted by molar-refractivity contribution is -0.126. The summed E-state index contributed by atoms with van der Waals surface area (Å²) in [6, 6.07) is 5.38. The van der Waals surface area contributed by atoms with Gasteiger partial charge in [-0.3, -0.25) is 14.7 Å². The van der Waals surface area contributed by atoms with E-state index in [2.05, 4.69) is 15.5 Å². The molecule has 1 atom stereocenters. The molecule has 1 aromatic carbocycles. The highest BCUT2D eigenvalue weighted by molar-refractivity contribution is 7.71. The Kier molecular flexibility index (Phi) is 5.03. The Hall–Kier alpha value is -2.88. The lowest BCUT2D eigenvalue weighted by atomic mass is 10.1. The molecule has 1 aromatic heterocycles. The van der Waals surface area contributed by atoms with Crippen LogP contribution < -0.4 is 19.7 Å². The Balaban J connectivity index is 1.41. The molecule has 3 heterocycles. The summed E-state index contributed by atoms with van der Waals surface area (Å²) in [5.74, 6) is 1.26. The maximum atomic E-state index is 12.6. The van der Waals surface area contributed by atoms with Crippen LogP contribution in [0, 0.1) is 10.7 Å². The summed E-state index contributed by atoms with van der Waals surface area (Å²) in [5.41, 5.74) is 0.705. The minimum absolute atomic E-state index is 0.0898. The van der Waals surface area contributed by atoms with Crippen molar-refractivity contribution in [3.05, 3.63) is 28.8 Å². The predicted octanol–water partition coefficient (Wildman–Crippen LogP) is 1.40. The lowest BCUT2D eigenvalue weighted by Crippen LogP contribution is -2.33. The summed E-state index contributed by atoms with van der Waals surface area (Å²) >= 11 is 5.15. The summed E-state index contributed by atoms with van der Waals surface area (Å²) in [4.78, 5) is 26.7. The van der Waals surface area contributed by atoms with E-state index in [0.717, 1.165) is 0 Å².